The fourth-order valence-corrected chi connectivity index (χ4v) is 4.30. The molecule has 2 atom stereocenters. The van der Waals surface area contributed by atoms with Gasteiger partial charge in [-0.2, -0.15) is 0 Å². The van der Waals surface area contributed by atoms with E-state index in [1.165, 1.54) is 19.3 Å². The van der Waals surface area contributed by atoms with Crippen LogP contribution in [0.3, 0.4) is 0 Å². The largest absolute Gasteiger partial charge is 0.352 e. The summed E-state index contributed by atoms with van der Waals surface area (Å²) in [5, 5.41) is 4.23. The van der Waals surface area contributed by atoms with Gasteiger partial charge in [-0.05, 0) is 50.8 Å². The van der Waals surface area contributed by atoms with Gasteiger partial charge in [-0.15, -0.1) is 0 Å². The Kier molecular flexibility index (Phi) is 5.91. The molecule has 3 heterocycles. The van der Waals surface area contributed by atoms with Gasteiger partial charge in [-0.3, -0.25) is 0 Å². The minimum Gasteiger partial charge on any atom is -0.352 e. The molecular formula is C21H28ClN5. The highest BCUT2D eigenvalue weighted by Gasteiger charge is 2.25. The van der Waals surface area contributed by atoms with Gasteiger partial charge in [0, 0.05) is 48.2 Å². The molecule has 0 amide bonds. The molecule has 2 unspecified atom stereocenters. The second-order valence-corrected chi connectivity index (χ2v) is 8.03. The number of rotatable bonds is 4. The highest BCUT2D eigenvalue weighted by molar-refractivity contribution is 6.30. The number of benzene rings is 1. The van der Waals surface area contributed by atoms with E-state index in [1.54, 1.807) is 0 Å². The summed E-state index contributed by atoms with van der Waals surface area (Å²) < 4.78 is 0. The van der Waals surface area contributed by atoms with Crippen molar-refractivity contribution in [3.8, 4) is 11.3 Å². The number of nitrogens with two attached hydrogens (primary N) is 1. The summed E-state index contributed by atoms with van der Waals surface area (Å²) >= 11 is 6.08. The van der Waals surface area contributed by atoms with E-state index in [2.05, 4.69) is 16.3 Å². The minimum absolute atomic E-state index is 0.365. The number of halogens is 1. The first-order chi connectivity index (χ1) is 13.2. The van der Waals surface area contributed by atoms with Gasteiger partial charge in [-0.25, -0.2) is 9.97 Å². The zero-order chi connectivity index (χ0) is 18.6. The van der Waals surface area contributed by atoms with Gasteiger partial charge < -0.3 is 16.0 Å². The lowest BCUT2D eigenvalue weighted by atomic mass is 9.98. The van der Waals surface area contributed by atoms with Crippen molar-refractivity contribution < 1.29 is 0 Å². The lowest BCUT2D eigenvalue weighted by Gasteiger charge is -2.36. The maximum Gasteiger partial charge on any atom is 0.135 e. The Morgan fingerprint density at radius 2 is 1.96 bits per heavy atom. The van der Waals surface area contributed by atoms with Crippen LogP contribution in [0.1, 0.15) is 43.8 Å². The number of aromatic nitrogens is 2. The molecule has 0 radical (unpaired) electrons. The fourth-order valence-electron chi connectivity index (χ4n) is 4.17. The van der Waals surface area contributed by atoms with Gasteiger partial charge in [-0.1, -0.05) is 23.7 Å². The minimum atomic E-state index is 0.365. The maximum atomic E-state index is 6.08. The molecule has 6 heteroatoms. The molecule has 2 aliphatic rings. The molecule has 2 aliphatic heterocycles. The van der Waals surface area contributed by atoms with Crippen molar-refractivity contribution in [3.05, 3.63) is 41.2 Å². The third-order valence-electron chi connectivity index (χ3n) is 5.73. The molecule has 2 saturated heterocycles. The molecule has 27 heavy (non-hydrogen) atoms. The Labute approximate surface area is 166 Å². The summed E-state index contributed by atoms with van der Waals surface area (Å²) in [6.45, 7) is 3.72. The quantitative estimate of drug-likeness (QED) is 0.841. The van der Waals surface area contributed by atoms with Crippen LogP contribution in [0.15, 0.2) is 30.3 Å². The Morgan fingerprint density at radius 3 is 2.70 bits per heavy atom. The van der Waals surface area contributed by atoms with Crippen molar-refractivity contribution >= 4 is 17.4 Å². The van der Waals surface area contributed by atoms with Crippen molar-refractivity contribution in [2.75, 3.05) is 31.1 Å². The first kappa shape index (κ1) is 18.7. The van der Waals surface area contributed by atoms with Crippen LogP contribution in [0.2, 0.25) is 5.02 Å². The zero-order valence-corrected chi connectivity index (χ0v) is 16.5. The second-order valence-electron chi connectivity index (χ2n) is 7.60. The number of hydrogen-bond acceptors (Lipinski definition) is 5. The molecule has 144 valence electrons. The van der Waals surface area contributed by atoms with Gasteiger partial charge in [0.05, 0.1) is 5.69 Å². The number of anilines is 1. The summed E-state index contributed by atoms with van der Waals surface area (Å²) in [7, 11) is 0. The summed E-state index contributed by atoms with van der Waals surface area (Å²) in [6, 6.07) is 10.4. The van der Waals surface area contributed by atoms with E-state index in [0.717, 1.165) is 60.4 Å². The summed E-state index contributed by atoms with van der Waals surface area (Å²) in [4.78, 5) is 12.4. The van der Waals surface area contributed by atoms with Crippen LogP contribution in [-0.2, 0) is 0 Å². The molecule has 3 N–H and O–H groups in total. The zero-order valence-electron chi connectivity index (χ0n) is 15.7. The monoisotopic (exact) mass is 385 g/mol. The van der Waals surface area contributed by atoms with Crippen LogP contribution in [0, 0.1) is 0 Å². The predicted octanol–water partition coefficient (Wildman–Crippen LogP) is 3.58. The van der Waals surface area contributed by atoms with E-state index in [4.69, 9.17) is 27.3 Å². The predicted molar refractivity (Wildman–Crippen MR) is 111 cm³/mol. The first-order valence-electron chi connectivity index (χ1n) is 10.1. The Balaban J connectivity index is 1.74. The topological polar surface area (TPSA) is 67.1 Å². The van der Waals surface area contributed by atoms with E-state index >= 15 is 0 Å². The molecule has 0 aliphatic carbocycles. The van der Waals surface area contributed by atoms with Crippen molar-refractivity contribution in [1.29, 1.82) is 0 Å². The molecule has 0 spiro atoms. The maximum absolute atomic E-state index is 6.08. The van der Waals surface area contributed by atoms with E-state index in [9.17, 15) is 0 Å². The van der Waals surface area contributed by atoms with E-state index in [-0.39, 0.29) is 0 Å². The third-order valence-corrected chi connectivity index (χ3v) is 5.98. The highest BCUT2D eigenvalue weighted by Crippen LogP contribution is 2.30. The van der Waals surface area contributed by atoms with Gasteiger partial charge in [0.25, 0.3) is 0 Å². The van der Waals surface area contributed by atoms with Gasteiger partial charge in [0.1, 0.15) is 11.6 Å². The molecule has 5 nitrogen and oxygen atoms in total. The standard InChI is InChI=1S/C21H28ClN5/c22-17-8-6-15(7-9-17)19-12-20(27-11-2-1-5-18(27)13-23)26-21(25-19)16-4-3-10-24-14-16/h6-9,12,16,18,24H,1-5,10-11,13-14,23H2. The smallest absolute Gasteiger partial charge is 0.135 e. The van der Waals surface area contributed by atoms with E-state index in [0.29, 0.717) is 18.5 Å². The van der Waals surface area contributed by atoms with Crippen LogP contribution in [-0.4, -0.2) is 42.2 Å². The highest BCUT2D eigenvalue weighted by atomic mass is 35.5. The van der Waals surface area contributed by atoms with Crippen molar-refractivity contribution in [1.82, 2.24) is 15.3 Å². The summed E-state index contributed by atoms with van der Waals surface area (Å²) in [6.07, 6.45) is 5.88. The Hall–Kier alpha value is -1.69. The average Bonchev–Trinajstić information content (AvgIpc) is 2.74. The fraction of sp³-hybridized carbons (Fsp3) is 0.524. The number of nitrogens with zero attached hydrogens (tertiary/aromatic N) is 3. The summed E-state index contributed by atoms with van der Waals surface area (Å²) in [5.74, 6) is 2.34. The van der Waals surface area contributed by atoms with Gasteiger partial charge in [0.2, 0.25) is 0 Å². The van der Waals surface area contributed by atoms with Crippen LogP contribution >= 0.6 is 11.6 Å². The van der Waals surface area contributed by atoms with Gasteiger partial charge >= 0.3 is 0 Å². The Morgan fingerprint density at radius 1 is 1.11 bits per heavy atom. The van der Waals surface area contributed by atoms with E-state index < -0.39 is 0 Å². The van der Waals surface area contributed by atoms with Gasteiger partial charge in [0.15, 0.2) is 0 Å². The number of hydrogen-bond donors (Lipinski definition) is 2. The third kappa shape index (κ3) is 4.26. The normalized spacial score (nSPS) is 23.4. The van der Waals surface area contributed by atoms with Crippen LogP contribution in [0.5, 0.6) is 0 Å². The van der Waals surface area contributed by atoms with Crippen LogP contribution in [0.4, 0.5) is 5.82 Å². The molecule has 1 aromatic carbocycles. The van der Waals surface area contributed by atoms with Crippen molar-refractivity contribution in [3.63, 3.8) is 0 Å². The molecule has 1 aromatic heterocycles. The lowest BCUT2D eigenvalue weighted by molar-refractivity contribution is 0.441. The SMILES string of the molecule is NCC1CCCCN1c1cc(-c2ccc(Cl)cc2)nc(C2CCCNC2)n1. The Bertz CT molecular complexity index is 758. The molecule has 2 aromatic rings. The van der Waals surface area contributed by atoms with Crippen LogP contribution < -0.4 is 16.0 Å². The first-order valence-corrected chi connectivity index (χ1v) is 10.4. The van der Waals surface area contributed by atoms with Crippen LogP contribution in [0.25, 0.3) is 11.3 Å². The molecule has 2 fully saturated rings. The molecular weight excluding hydrogens is 358 g/mol. The number of nitrogens with one attached hydrogen (secondary N) is 1. The molecule has 0 bridgehead atoms. The van der Waals surface area contributed by atoms with E-state index in [1.807, 2.05) is 24.3 Å². The summed E-state index contributed by atoms with van der Waals surface area (Å²) in [5.41, 5.74) is 8.12. The molecule has 4 rings (SSSR count). The molecule has 0 saturated carbocycles. The number of piperidine rings is 2. The van der Waals surface area contributed by atoms with Crippen molar-refractivity contribution in [2.24, 2.45) is 5.73 Å². The van der Waals surface area contributed by atoms with Crippen molar-refractivity contribution in [2.45, 2.75) is 44.1 Å². The average molecular weight is 386 g/mol. The second kappa shape index (κ2) is 8.55. The lowest BCUT2D eigenvalue weighted by Crippen LogP contribution is -2.44.